The third kappa shape index (κ3) is 4.05. The SMILES string of the molecule is COCc1c(Br)cccc1NCc1c(Cl)ccc(Cl)c1Cl. The lowest BCUT2D eigenvalue weighted by Crippen LogP contribution is -2.05. The Morgan fingerprint density at radius 2 is 1.76 bits per heavy atom. The average molecular weight is 410 g/mol. The Balaban J connectivity index is 2.25. The molecule has 0 saturated carbocycles. The van der Waals surface area contributed by atoms with Crippen molar-refractivity contribution in [3.8, 4) is 0 Å². The first-order valence-electron chi connectivity index (χ1n) is 6.17. The van der Waals surface area contributed by atoms with Gasteiger partial charge in [0.25, 0.3) is 0 Å². The van der Waals surface area contributed by atoms with Crippen LogP contribution in [0.1, 0.15) is 11.1 Å². The summed E-state index contributed by atoms with van der Waals surface area (Å²) in [4.78, 5) is 0. The second kappa shape index (κ2) is 7.70. The van der Waals surface area contributed by atoms with Crippen LogP contribution in [0.15, 0.2) is 34.8 Å². The molecule has 2 aromatic carbocycles. The average Bonchev–Trinajstić information content (AvgIpc) is 2.46. The number of hydrogen-bond acceptors (Lipinski definition) is 2. The quantitative estimate of drug-likeness (QED) is 0.597. The van der Waals surface area contributed by atoms with Crippen molar-refractivity contribution >= 4 is 56.4 Å². The van der Waals surface area contributed by atoms with Crippen LogP contribution >= 0.6 is 50.7 Å². The van der Waals surface area contributed by atoms with Crippen LogP contribution in [0.3, 0.4) is 0 Å². The Labute approximate surface area is 147 Å². The molecule has 2 nitrogen and oxygen atoms in total. The van der Waals surface area contributed by atoms with E-state index in [1.807, 2.05) is 18.2 Å². The summed E-state index contributed by atoms with van der Waals surface area (Å²) in [6.45, 7) is 0.978. The van der Waals surface area contributed by atoms with Crippen molar-refractivity contribution in [2.75, 3.05) is 12.4 Å². The van der Waals surface area contributed by atoms with E-state index in [1.165, 1.54) is 0 Å². The van der Waals surface area contributed by atoms with Crippen molar-refractivity contribution in [1.82, 2.24) is 0 Å². The molecule has 0 radical (unpaired) electrons. The monoisotopic (exact) mass is 407 g/mol. The molecule has 0 aliphatic carbocycles. The van der Waals surface area contributed by atoms with Gasteiger partial charge in [-0.3, -0.25) is 0 Å². The van der Waals surface area contributed by atoms with Gasteiger partial charge in [-0.25, -0.2) is 0 Å². The van der Waals surface area contributed by atoms with Gasteiger partial charge >= 0.3 is 0 Å². The van der Waals surface area contributed by atoms with Gasteiger partial charge in [-0.1, -0.05) is 56.8 Å². The second-order valence-electron chi connectivity index (χ2n) is 4.37. The number of methoxy groups -OCH3 is 1. The number of halogens is 4. The third-order valence-corrected chi connectivity index (χ3v) is 4.94. The van der Waals surface area contributed by atoms with Gasteiger partial charge < -0.3 is 10.1 Å². The minimum absolute atomic E-state index is 0.472. The second-order valence-corrected chi connectivity index (χ2v) is 6.42. The van der Waals surface area contributed by atoms with E-state index >= 15 is 0 Å². The fourth-order valence-electron chi connectivity index (χ4n) is 1.93. The summed E-state index contributed by atoms with van der Waals surface area (Å²) in [5, 5.41) is 4.87. The molecule has 1 N–H and O–H groups in total. The molecule has 0 aromatic heterocycles. The van der Waals surface area contributed by atoms with E-state index in [9.17, 15) is 0 Å². The predicted octanol–water partition coefficient (Wildman–Crippen LogP) is 6.17. The lowest BCUT2D eigenvalue weighted by atomic mass is 10.1. The van der Waals surface area contributed by atoms with E-state index < -0.39 is 0 Å². The summed E-state index contributed by atoms with van der Waals surface area (Å²) in [5.41, 5.74) is 2.77. The number of ether oxygens (including phenoxy) is 1. The Bertz CT molecular complexity index is 649. The summed E-state index contributed by atoms with van der Waals surface area (Å²) >= 11 is 21.9. The number of benzene rings is 2. The highest BCUT2D eigenvalue weighted by Crippen LogP contribution is 2.33. The number of nitrogens with one attached hydrogen (secondary N) is 1. The first kappa shape index (κ1) is 16.9. The molecule has 0 amide bonds. The van der Waals surface area contributed by atoms with Gasteiger partial charge in [0.05, 0.1) is 16.7 Å². The standard InChI is InChI=1S/C15H13BrCl3NO/c1-21-8-10-11(16)3-2-4-14(10)20-7-9-12(17)5-6-13(18)15(9)19/h2-6,20H,7-8H2,1H3. The van der Waals surface area contributed by atoms with Crippen molar-refractivity contribution in [3.05, 3.63) is 61.0 Å². The van der Waals surface area contributed by atoms with Crippen LogP contribution in [0.25, 0.3) is 0 Å². The zero-order valence-corrected chi connectivity index (χ0v) is 15.1. The van der Waals surface area contributed by atoms with Crippen molar-refractivity contribution in [2.24, 2.45) is 0 Å². The maximum absolute atomic E-state index is 6.21. The molecule has 0 fully saturated rings. The fourth-order valence-corrected chi connectivity index (χ4v) is 3.09. The maximum atomic E-state index is 6.21. The van der Waals surface area contributed by atoms with Gasteiger partial charge in [0.1, 0.15) is 0 Å². The van der Waals surface area contributed by atoms with E-state index in [4.69, 9.17) is 39.5 Å². The van der Waals surface area contributed by atoms with Gasteiger partial charge in [0, 0.05) is 40.0 Å². The molecule has 0 atom stereocenters. The van der Waals surface area contributed by atoms with Gasteiger partial charge in [0.2, 0.25) is 0 Å². The predicted molar refractivity (Wildman–Crippen MR) is 93.7 cm³/mol. The maximum Gasteiger partial charge on any atom is 0.0744 e. The van der Waals surface area contributed by atoms with Gasteiger partial charge in [-0.2, -0.15) is 0 Å². The van der Waals surface area contributed by atoms with Gasteiger partial charge in [-0.05, 0) is 24.3 Å². The molecular formula is C15H13BrCl3NO. The highest BCUT2D eigenvalue weighted by molar-refractivity contribution is 9.10. The molecule has 0 unspecified atom stereocenters. The topological polar surface area (TPSA) is 21.3 Å². The summed E-state index contributed by atoms with van der Waals surface area (Å²) in [6.07, 6.45) is 0. The zero-order valence-electron chi connectivity index (χ0n) is 11.2. The van der Waals surface area contributed by atoms with Crippen LogP contribution in [0.4, 0.5) is 5.69 Å². The van der Waals surface area contributed by atoms with Crippen LogP contribution < -0.4 is 5.32 Å². The molecule has 0 aliphatic heterocycles. The molecule has 0 saturated heterocycles. The normalized spacial score (nSPS) is 10.7. The number of rotatable bonds is 5. The first-order valence-corrected chi connectivity index (χ1v) is 8.10. The van der Waals surface area contributed by atoms with Crippen LogP contribution in [-0.4, -0.2) is 7.11 Å². The Hall–Kier alpha value is -0.450. The molecule has 0 heterocycles. The van der Waals surface area contributed by atoms with E-state index in [2.05, 4.69) is 21.2 Å². The molecule has 0 spiro atoms. The lowest BCUT2D eigenvalue weighted by molar-refractivity contribution is 0.185. The minimum atomic E-state index is 0.472. The molecular weight excluding hydrogens is 396 g/mol. The van der Waals surface area contributed by atoms with E-state index in [0.29, 0.717) is 28.2 Å². The smallest absolute Gasteiger partial charge is 0.0744 e. The van der Waals surface area contributed by atoms with E-state index in [0.717, 1.165) is 21.3 Å². The van der Waals surface area contributed by atoms with Crippen LogP contribution in [0.5, 0.6) is 0 Å². The Morgan fingerprint density at radius 3 is 2.48 bits per heavy atom. The Morgan fingerprint density at radius 1 is 1.05 bits per heavy atom. The molecule has 2 aromatic rings. The number of hydrogen-bond donors (Lipinski definition) is 1. The molecule has 112 valence electrons. The van der Waals surface area contributed by atoms with Crippen molar-refractivity contribution in [1.29, 1.82) is 0 Å². The Kier molecular flexibility index (Phi) is 6.20. The highest BCUT2D eigenvalue weighted by atomic mass is 79.9. The lowest BCUT2D eigenvalue weighted by Gasteiger charge is -2.15. The van der Waals surface area contributed by atoms with Crippen molar-refractivity contribution < 1.29 is 4.74 Å². The molecule has 6 heteroatoms. The van der Waals surface area contributed by atoms with Crippen LogP contribution in [0, 0.1) is 0 Å². The molecule has 0 aliphatic rings. The summed E-state index contributed by atoms with van der Waals surface area (Å²) < 4.78 is 6.21. The van der Waals surface area contributed by atoms with E-state index in [1.54, 1.807) is 19.2 Å². The third-order valence-electron chi connectivity index (χ3n) is 3.00. The van der Waals surface area contributed by atoms with Gasteiger partial charge in [-0.15, -0.1) is 0 Å². The van der Waals surface area contributed by atoms with E-state index in [-0.39, 0.29) is 0 Å². The molecule has 0 bridgehead atoms. The van der Waals surface area contributed by atoms with Crippen molar-refractivity contribution in [2.45, 2.75) is 13.2 Å². The largest absolute Gasteiger partial charge is 0.381 e. The van der Waals surface area contributed by atoms with Gasteiger partial charge in [0.15, 0.2) is 0 Å². The summed E-state index contributed by atoms with van der Waals surface area (Å²) in [6, 6.07) is 9.33. The zero-order chi connectivity index (χ0) is 15.4. The minimum Gasteiger partial charge on any atom is -0.381 e. The van der Waals surface area contributed by atoms with Crippen LogP contribution in [0.2, 0.25) is 15.1 Å². The fraction of sp³-hybridized carbons (Fsp3) is 0.200. The summed E-state index contributed by atoms with van der Waals surface area (Å²) in [5.74, 6) is 0. The summed E-state index contributed by atoms with van der Waals surface area (Å²) in [7, 11) is 1.66. The number of anilines is 1. The highest BCUT2D eigenvalue weighted by Gasteiger charge is 2.11. The molecule has 2 rings (SSSR count). The van der Waals surface area contributed by atoms with Crippen LogP contribution in [-0.2, 0) is 17.9 Å². The first-order chi connectivity index (χ1) is 10.0. The van der Waals surface area contributed by atoms with Crippen molar-refractivity contribution in [3.63, 3.8) is 0 Å². The molecule has 21 heavy (non-hydrogen) atoms.